The number of hydrogen-bond acceptors (Lipinski definition) is 4. The lowest BCUT2D eigenvalue weighted by Gasteiger charge is -2.05. The SMILES string of the molecule is Cc1cc2c(=O)n(Cc3ccc(C(=O)O)cc3)c(=O)[nH]c2s1. The molecule has 0 aliphatic heterocycles. The van der Waals surface area contributed by atoms with Crippen molar-refractivity contribution in [2.24, 2.45) is 0 Å². The number of fused-ring (bicyclic) bond motifs is 1. The average molecular weight is 316 g/mol. The molecule has 0 bridgehead atoms. The Balaban J connectivity index is 2.05. The molecule has 112 valence electrons. The fourth-order valence-electron chi connectivity index (χ4n) is 2.25. The normalized spacial score (nSPS) is 11.0. The van der Waals surface area contributed by atoms with Crippen LogP contribution in [0.5, 0.6) is 0 Å². The number of benzene rings is 1. The summed E-state index contributed by atoms with van der Waals surface area (Å²) in [6, 6.07) is 7.84. The summed E-state index contributed by atoms with van der Waals surface area (Å²) in [6.07, 6.45) is 0. The number of nitrogens with one attached hydrogen (secondary N) is 1. The molecule has 0 amide bonds. The van der Waals surface area contributed by atoms with E-state index in [1.807, 2.05) is 6.92 Å². The first-order chi connectivity index (χ1) is 10.5. The van der Waals surface area contributed by atoms with Crippen molar-refractivity contribution in [2.75, 3.05) is 0 Å². The number of aromatic nitrogens is 2. The van der Waals surface area contributed by atoms with Gasteiger partial charge in [0, 0.05) is 4.88 Å². The number of H-pyrrole nitrogens is 1. The van der Waals surface area contributed by atoms with Crippen molar-refractivity contribution in [3.63, 3.8) is 0 Å². The third-order valence-corrected chi connectivity index (χ3v) is 4.30. The third kappa shape index (κ3) is 2.46. The van der Waals surface area contributed by atoms with E-state index < -0.39 is 11.7 Å². The van der Waals surface area contributed by atoms with Crippen molar-refractivity contribution in [1.82, 2.24) is 9.55 Å². The Morgan fingerprint density at radius 2 is 1.95 bits per heavy atom. The third-order valence-electron chi connectivity index (χ3n) is 3.34. The quantitative estimate of drug-likeness (QED) is 0.771. The number of carbonyl (C=O) groups is 1. The van der Waals surface area contributed by atoms with E-state index in [1.54, 1.807) is 18.2 Å². The number of aromatic carboxylic acids is 1. The first-order valence-electron chi connectivity index (χ1n) is 6.51. The predicted octanol–water partition coefficient (Wildman–Crippen LogP) is 1.81. The monoisotopic (exact) mass is 316 g/mol. The molecule has 0 saturated heterocycles. The van der Waals surface area contributed by atoms with Crippen molar-refractivity contribution >= 4 is 27.5 Å². The standard InChI is InChI=1S/C15H12N2O4S/c1-8-6-11-12(22-8)16-15(21)17(13(11)18)7-9-2-4-10(5-3-9)14(19)20/h2-6H,7H2,1H3,(H,16,21)(H,19,20). The molecule has 0 aliphatic rings. The Bertz CT molecular complexity index is 979. The molecule has 2 heterocycles. The molecule has 0 aliphatic carbocycles. The van der Waals surface area contributed by atoms with Gasteiger partial charge >= 0.3 is 11.7 Å². The fraction of sp³-hybridized carbons (Fsp3) is 0.133. The van der Waals surface area contributed by atoms with Gasteiger partial charge in [-0.3, -0.25) is 14.3 Å². The van der Waals surface area contributed by atoms with Crippen LogP contribution in [0.15, 0.2) is 39.9 Å². The molecule has 3 rings (SSSR count). The van der Waals surface area contributed by atoms with Crippen LogP contribution in [0, 0.1) is 6.92 Å². The summed E-state index contributed by atoms with van der Waals surface area (Å²) in [4.78, 5) is 39.5. The highest BCUT2D eigenvalue weighted by molar-refractivity contribution is 7.18. The summed E-state index contributed by atoms with van der Waals surface area (Å²) in [6.45, 7) is 1.97. The smallest absolute Gasteiger partial charge is 0.335 e. The van der Waals surface area contributed by atoms with E-state index in [-0.39, 0.29) is 17.7 Å². The Hall–Kier alpha value is -2.67. The van der Waals surface area contributed by atoms with Gasteiger partial charge in [0.05, 0.1) is 17.5 Å². The summed E-state index contributed by atoms with van der Waals surface area (Å²) in [7, 11) is 0. The van der Waals surface area contributed by atoms with Gasteiger partial charge in [-0.2, -0.15) is 0 Å². The van der Waals surface area contributed by atoms with Gasteiger partial charge in [-0.1, -0.05) is 12.1 Å². The van der Waals surface area contributed by atoms with Crippen LogP contribution in [0.1, 0.15) is 20.8 Å². The lowest BCUT2D eigenvalue weighted by molar-refractivity contribution is 0.0697. The maximum absolute atomic E-state index is 12.4. The van der Waals surface area contributed by atoms with E-state index in [0.29, 0.717) is 15.8 Å². The van der Waals surface area contributed by atoms with Crippen molar-refractivity contribution in [2.45, 2.75) is 13.5 Å². The fourth-order valence-corrected chi connectivity index (χ4v) is 3.14. The topological polar surface area (TPSA) is 92.2 Å². The Labute approximate surface area is 128 Å². The van der Waals surface area contributed by atoms with Gasteiger partial charge in [0.1, 0.15) is 4.83 Å². The van der Waals surface area contributed by atoms with E-state index in [0.717, 1.165) is 9.44 Å². The van der Waals surface area contributed by atoms with E-state index in [4.69, 9.17) is 5.11 Å². The first kappa shape index (κ1) is 14.3. The highest BCUT2D eigenvalue weighted by Gasteiger charge is 2.11. The minimum absolute atomic E-state index is 0.0961. The van der Waals surface area contributed by atoms with Crippen LogP contribution in [0.3, 0.4) is 0 Å². The number of carboxylic acids is 1. The maximum Gasteiger partial charge on any atom is 0.335 e. The molecule has 0 spiro atoms. The Morgan fingerprint density at radius 3 is 2.59 bits per heavy atom. The average Bonchev–Trinajstić information content (AvgIpc) is 2.84. The number of carboxylic acid groups (broad SMARTS) is 1. The van der Waals surface area contributed by atoms with Gasteiger partial charge in [0.15, 0.2) is 0 Å². The van der Waals surface area contributed by atoms with Crippen LogP contribution in [0.2, 0.25) is 0 Å². The molecule has 2 N–H and O–H groups in total. The maximum atomic E-state index is 12.4. The highest BCUT2D eigenvalue weighted by Crippen LogP contribution is 2.18. The van der Waals surface area contributed by atoms with Gasteiger partial charge in [-0.25, -0.2) is 9.59 Å². The summed E-state index contributed by atoms with van der Waals surface area (Å²) in [5, 5.41) is 9.36. The van der Waals surface area contributed by atoms with Crippen LogP contribution in [0.4, 0.5) is 0 Å². The van der Waals surface area contributed by atoms with E-state index in [1.165, 1.54) is 23.5 Å². The van der Waals surface area contributed by atoms with E-state index >= 15 is 0 Å². The second-order valence-electron chi connectivity index (χ2n) is 4.92. The Morgan fingerprint density at radius 1 is 1.27 bits per heavy atom. The molecule has 0 fully saturated rings. The molecule has 7 heteroatoms. The van der Waals surface area contributed by atoms with Gasteiger partial charge < -0.3 is 5.11 Å². The zero-order chi connectivity index (χ0) is 15.9. The molecule has 0 unspecified atom stereocenters. The molecule has 0 radical (unpaired) electrons. The molecule has 3 aromatic rings. The molecular formula is C15H12N2O4S. The molecule has 2 aromatic heterocycles. The molecular weight excluding hydrogens is 304 g/mol. The van der Waals surface area contributed by atoms with Crippen LogP contribution < -0.4 is 11.2 Å². The minimum atomic E-state index is -1.02. The van der Waals surface area contributed by atoms with Gasteiger partial charge in [-0.05, 0) is 30.7 Å². The van der Waals surface area contributed by atoms with Gasteiger partial charge in [0.25, 0.3) is 5.56 Å². The van der Waals surface area contributed by atoms with Crippen molar-refractivity contribution in [3.05, 3.63) is 67.2 Å². The van der Waals surface area contributed by atoms with Gasteiger partial charge in [-0.15, -0.1) is 11.3 Å². The largest absolute Gasteiger partial charge is 0.478 e. The second-order valence-corrected chi connectivity index (χ2v) is 6.18. The van der Waals surface area contributed by atoms with Crippen LogP contribution >= 0.6 is 11.3 Å². The zero-order valence-corrected chi connectivity index (χ0v) is 12.4. The number of nitrogens with zero attached hydrogens (tertiary/aromatic N) is 1. The number of rotatable bonds is 3. The predicted molar refractivity (Wildman–Crippen MR) is 83.9 cm³/mol. The Kier molecular flexibility index (Phi) is 3.42. The van der Waals surface area contributed by atoms with Crippen molar-refractivity contribution in [3.8, 4) is 0 Å². The second kappa shape index (κ2) is 5.27. The minimum Gasteiger partial charge on any atom is -0.478 e. The van der Waals surface area contributed by atoms with Gasteiger partial charge in [0.2, 0.25) is 0 Å². The molecule has 1 aromatic carbocycles. The lowest BCUT2D eigenvalue weighted by Crippen LogP contribution is -2.34. The molecule has 6 nitrogen and oxygen atoms in total. The van der Waals surface area contributed by atoms with Crippen molar-refractivity contribution < 1.29 is 9.90 Å². The summed E-state index contributed by atoms with van der Waals surface area (Å²) in [5.74, 6) is -1.02. The summed E-state index contributed by atoms with van der Waals surface area (Å²) < 4.78 is 1.12. The summed E-state index contributed by atoms with van der Waals surface area (Å²) >= 11 is 1.37. The molecule has 22 heavy (non-hydrogen) atoms. The van der Waals surface area contributed by atoms with Crippen LogP contribution in [0.25, 0.3) is 10.2 Å². The zero-order valence-electron chi connectivity index (χ0n) is 11.6. The van der Waals surface area contributed by atoms with Crippen molar-refractivity contribution in [1.29, 1.82) is 0 Å². The molecule has 0 atom stereocenters. The summed E-state index contributed by atoms with van der Waals surface area (Å²) in [5.41, 5.74) is 0.0323. The highest BCUT2D eigenvalue weighted by atomic mass is 32.1. The number of hydrogen-bond donors (Lipinski definition) is 2. The van der Waals surface area contributed by atoms with Crippen LogP contribution in [-0.4, -0.2) is 20.6 Å². The number of aryl methyl sites for hydroxylation is 1. The van der Waals surface area contributed by atoms with E-state index in [2.05, 4.69) is 4.98 Å². The number of aromatic amines is 1. The van der Waals surface area contributed by atoms with Crippen LogP contribution in [-0.2, 0) is 6.54 Å². The van der Waals surface area contributed by atoms with E-state index in [9.17, 15) is 14.4 Å². The number of thiophene rings is 1. The molecule has 0 saturated carbocycles. The first-order valence-corrected chi connectivity index (χ1v) is 7.33. The lowest BCUT2D eigenvalue weighted by atomic mass is 10.1.